The van der Waals surface area contributed by atoms with E-state index in [4.69, 9.17) is 9.47 Å². The van der Waals surface area contributed by atoms with Crippen LogP contribution in [-0.4, -0.2) is 61.1 Å². The summed E-state index contributed by atoms with van der Waals surface area (Å²) in [6.45, 7) is 3.95. The van der Waals surface area contributed by atoms with Crippen molar-refractivity contribution in [2.24, 2.45) is 0 Å². The summed E-state index contributed by atoms with van der Waals surface area (Å²) >= 11 is 1.36. The van der Waals surface area contributed by atoms with Crippen molar-refractivity contribution in [2.75, 3.05) is 40.4 Å². The van der Waals surface area contributed by atoms with Gasteiger partial charge in [0.2, 0.25) is 0 Å². The summed E-state index contributed by atoms with van der Waals surface area (Å²) in [5, 5.41) is 10.4. The Hall–Kier alpha value is -3.48. The molecule has 0 saturated carbocycles. The quantitative estimate of drug-likeness (QED) is 0.524. The zero-order valence-electron chi connectivity index (χ0n) is 19.2. The third kappa shape index (κ3) is 4.74. The maximum atomic E-state index is 13.3. The number of aromatic nitrogens is 1. The topological polar surface area (TPSA) is 78.7 Å². The Labute approximate surface area is 202 Å². The highest BCUT2D eigenvalue weighted by molar-refractivity contribution is 7.17. The average molecular weight is 481 g/mol. The molecular weight excluding hydrogens is 455 g/mol. The van der Waals surface area contributed by atoms with E-state index in [0.29, 0.717) is 48.2 Å². The lowest BCUT2D eigenvalue weighted by atomic mass is 10.1. The number of aryl methyl sites for hydroxylation is 1. The van der Waals surface area contributed by atoms with Gasteiger partial charge >= 0.3 is 0 Å². The van der Waals surface area contributed by atoms with E-state index in [9.17, 15) is 14.4 Å². The number of benzene rings is 2. The number of halogens is 1. The van der Waals surface area contributed by atoms with Gasteiger partial charge in [-0.25, -0.2) is 9.37 Å². The molecule has 9 heteroatoms. The van der Waals surface area contributed by atoms with E-state index in [1.807, 2.05) is 30.0 Å². The van der Waals surface area contributed by atoms with Crippen molar-refractivity contribution in [3.05, 3.63) is 64.4 Å². The summed E-state index contributed by atoms with van der Waals surface area (Å²) in [5.74, 6) is 0.843. The van der Waals surface area contributed by atoms with Crippen LogP contribution < -0.4 is 9.47 Å². The van der Waals surface area contributed by atoms with Crippen molar-refractivity contribution in [1.82, 2.24) is 14.8 Å². The second-order valence-electron chi connectivity index (χ2n) is 7.91. The maximum absolute atomic E-state index is 13.3. The van der Waals surface area contributed by atoms with Gasteiger partial charge in [0.1, 0.15) is 21.7 Å². The zero-order valence-corrected chi connectivity index (χ0v) is 20.1. The van der Waals surface area contributed by atoms with Gasteiger partial charge in [-0.15, -0.1) is 11.3 Å². The van der Waals surface area contributed by atoms with E-state index in [0.717, 1.165) is 16.1 Å². The predicted octanol–water partition coefficient (Wildman–Crippen LogP) is 4.30. The predicted molar refractivity (Wildman–Crippen MR) is 128 cm³/mol. The number of nitrogens with zero attached hydrogens (tertiary/aromatic N) is 4. The van der Waals surface area contributed by atoms with Crippen LogP contribution >= 0.6 is 11.3 Å². The molecule has 2 heterocycles. The van der Waals surface area contributed by atoms with Crippen LogP contribution in [0.4, 0.5) is 4.39 Å². The molecule has 4 rings (SSSR count). The Morgan fingerprint density at radius 1 is 1.09 bits per heavy atom. The number of methoxy groups -OCH3 is 2. The van der Waals surface area contributed by atoms with Gasteiger partial charge in [-0.1, -0.05) is 12.1 Å². The Bertz CT molecular complexity index is 1210. The average Bonchev–Trinajstić information content (AvgIpc) is 3.26. The second kappa shape index (κ2) is 10.2. The van der Waals surface area contributed by atoms with E-state index < -0.39 is 6.04 Å². The standard InChI is InChI=1S/C25H25FN4O3S/c1-16-23(34-24(28-16)18-6-9-21(32-2)22(14-18)33-3)25(31)30-12-10-29(11-13-30)20(15-27)17-4-7-19(26)8-5-17/h4-9,14,20H,10-13H2,1-3H3. The molecule has 176 valence electrons. The molecule has 3 aromatic rings. The van der Waals surface area contributed by atoms with Gasteiger partial charge in [0.25, 0.3) is 5.91 Å². The molecule has 1 aromatic heterocycles. The molecule has 34 heavy (non-hydrogen) atoms. The van der Waals surface area contributed by atoms with Crippen LogP contribution in [0.25, 0.3) is 10.6 Å². The minimum atomic E-state index is -0.473. The first-order chi connectivity index (χ1) is 16.4. The second-order valence-corrected chi connectivity index (χ2v) is 8.91. The normalized spacial score (nSPS) is 15.0. The Kier molecular flexibility index (Phi) is 7.10. The first-order valence-electron chi connectivity index (χ1n) is 10.8. The van der Waals surface area contributed by atoms with Crippen molar-refractivity contribution < 1.29 is 18.7 Å². The van der Waals surface area contributed by atoms with E-state index in [1.165, 1.54) is 23.5 Å². The largest absolute Gasteiger partial charge is 0.493 e. The molecule has 0 bridgehead atoms. The van der Waals surface area contributed by atoms with Crippen LogP contribution in [0.2, 0.25) is 0 Å². The number of rotatable bonds is 6. The van der Waals surface area contributed by atoms with Gasteiger partial charge < -0.3 is 14.4 Å². The lowest BCUT2D eigenvalue weighted by Crippen LogP contribution is -2.49. The van der Waals surface area contributed by atoms with Crippen molar-refractivity contribution >= 4 is 17.2 Å². The molecule has 0 N–H and O–H groups in total. The Balaban J connectivity index is 1.46. The van der Waals surface area contributed by atoms with Crippen molar-refractivity contribution in [1.29, 1.82) is 5.26 Å². The fourth-order valence-electron chi connectivity index (χ4n) is 4.03. The highest BCUT2D eigenvalue weighted by Gasteiger charge is 2.29. The molecule has 7 nitrogen and oxygen atoms in total. The van der Waals surface area contributed by atoms with Gasteiger partial charge in [-0.05, 0) is 42.8 Å². The zero-order chi connectivity index (χ0) is 24.2. The summed E-state index contributed by atoms with van der Waals surface area (Å²) in [7, 11) is 3.16. The smallest absolute Gasteiger partial charge is 0.265 e. The summed E-state index contributed by atoms with van der Waals surface area (Å²) < 4.78 is 23.9. The summed E-state index contributed by atoms with van der Waals surface area (Å²) in [6, 6.07) is 13.4. The van der Waals surface area contributed by atoms with Crippen molar-refractivity contribution in [3.8, 4) is 28.1 Å². The first kappa shape index (κ1) is 23.7. The molecule has 0 spiro atoms. The third-order valence-corrected chi connectivity index (χ3v) is 7.09. The lowest BCUT2D eigenvalue weighted by Gasteiger charge is -2.36. The minimum Gasteiger partial charge on any atom is -0.493 e. The van der Waals surface area contributed by atoms with Gasteiger partial charge in [0.15, 0.2) is 11.5 Å². The molecule has 1 atom stereocenters. The van der Waals surface area contributed by atoms with E-state index in [2.05, 4.69) is 11.1 Å². The van der Waals surface area contributed by atoms with Crippen LogP contribution in [0.1, 0.15) is 27.0 Å². The molecule has 1 aliphatic heterocycles. The van der Waals surface area contributed by atoms with Gasteiger partial charge in [0, 0.05) is 31.7 Å². The number of hydrogen-bond donors (Lipinski definition) is 0. The molecule has 1 fully saturated rings. The van der Waals surface area contributed by atoms with Crippen LogP contribution in [0, 0.1) is 24.1 Å². The molecule has 1 amide bonds. The van der Waals surface area contributed by atoms with Crippen LogP contribution in [0.3, 0.4) is 0 Å². The minimum absolute atomic E-state index is 0.0586. The third-order valence-electron chi connectivity index (χ3n) is 5.90. The van der Waals surface area contributed by atoms with Gasteiger partial charge in [-0.3, -0.25) is 9.69 Å². The van der Waals surface area contributed by atoms with Gasteiger partial charge in [-0.2, -0.15) is 5.26 Å². The molecule has 0 radical (unpaired) electrons. The number of hydrogen-bond acceptors (Lipinski definition) is 7. The number of ether oxygens (including phenoxy) is 2. The highest BCUT2D eigenvalue weighted by atomic mass is 32.1. The maximum Gasteiger partial charge on any atom is 0.265 e. The SMILES string of the molecule is COc1ccc(-c2nc(C)c(C(=O)N3CCN(C(C#N)c4ccc(F)cc4)CC3)s2)cc1OC. The molecule has 0 aliphatic carbocycles. The number of carbonyl (C=O) groups is 1. The van der Waals surface area contributed by atoms with E-state index in [-0.39, 0.29) is 11.7 Å². The van der Waals surface area contributed by atoms with Crippen molar-refractivity contribution in [3.63, 3.8) is 0 Å². The molecule has 1 aliphatic rings. The number of amides is 1. The number of nitriles is 1. The van der Waals surface area contributed by atoms with Crippen LogP contribution in [-0.2, 0) is 0 Å². The van der Waals surface area contributed by atoms with Crippen molar-refractivity contribution in [2.45, 2.75) is 13.0 Å². The Morgan fingerprint density at radius 3 is 2.38 bits per heavy atom. The van der Waals surface area contributed by atoms with E-state index >= 15 is 0 Å². The fraction of sp³-hybridized carbons (Fsp3) is 0.320. The number of thiazole rings is 1. The Morgan fingerprint density at radius 2 is 1.76 bits per heavy atom. The molecule has 1 unspecified atom stereocenters. The first-order valence-corrected chi connectivity index (χ1v) is 11.6. The summed E-state index contributed by atoms with van der Waals surface area (Å²) in [4.78, 5) is 22.3. The highest BCUT2D eigenvalue weighted by Crippen LogP contribution is 2.35. The number of carbonyl (C=O) groups excluding carboxylic acids is 1. The lowest BCUT2D eigenvalue weighted by molar-refractivity contribution is 0.0610. The molecule has 1 saturated heterocycles. The monoisotopic (exact) mass is 480 g/mol. The van der Waals surface area contributed by atoms with E-state index in [1.54, 1.807) is 31.3 Å². The fourth-order valence-corrected chi connectivity index (χ4v) is 5.06. The van der Waals surface area contributed by atoms with Crippen LogP contribution in [0.5, 0.6) is 11.5 Å². The molecule has 2 aromatic carbocycles. The summed E-state index contributed by atoms with van der Waals surface area (Å²) in [5.41, 5.74) is 2.29. The van der Waals surface area contributed by atoms with Crippen LogP contribution in [0.15, 0.2) is 42.5 Å². The molecular formula is C25H25FN4O3S. The van der Waals surface area contributed by atoms with Gasteiger partial charge in [0.05, 0.1) is 26.0 Å². The summed E-state index contributed by atoms with van der Waals surface area (Å²) in [6.07, 6.45) is 0. The number of piperazine rings is 1.